The summed E-state index contributed by atoms with van der Waals surface area (Å²) in [4.78, 5) is 23.2. The van der Waals surface area contributed by atoms with E-state index in [1.165, 1.54) is 0 Å². The molecule has 0 atom stereocenters. The number of fused-ring (bicyclic) bond motifs is 1. The molecule has 0 saturated carbocycles. The number of hydrogen-bond acceptors (Lipinski definition) is 5. The molecule has 1 aliphatic rings. The first-order valence-electron chi connectivity index (χ1n) is 6.29. The van der Waals surface area contributed by atoms with E-state index in [1.54, 1.807) is 25.1 Å². The first-order chi connectivity index (χ1) is 9.20. The van der Waals surface area contributed by atoms with Crippen LogP contribution in [-0.4, -0.2) is 31.6 Å². The molecule has 102 valence electrons. The van der Waals surface area contributed by atoms with E-state index in [-0.39, 0.29) is 18.8 Å². The van der Waals surface area contributed by atoms with Crippen LogP contribution in [0.25, 0.3) is 0 Å². The molecule has 1 aromatic carbocycles. The summed E-state index contributed by atoms with van der Waals surface area (Å²) in [6.07, 6.45) is 0.550. The number of ketones is 1. The third kappa shape index (κ3) is 3.47. The van der Waals surface area contributed by atoms with Crippen molar-refractivity contribution in [3.05, 3.63) is 23.8 Å². The van der Waals surface area contributed by atoms with E-state index in [2.05, 4.69) is 0 Å². The Hall–Kier alpha value is -2.04. The molecule has 5 heteroatoms. The molecule has 0 fully saturated rings. The van der Waals surface area contributed by atoms with Gasteiger partial charge in [-0.15, -0.1) is 0 Å². The highest BCUT2D eigenvalue weighted by molar-refractivity contribution is 6.06. The Morgan fingerprint density at radius 3 is 2.68 bits per heavy atom. The van der Waals surface area contributed by atoms with Gasteiger partial charge in [0.25, 0.3) is 0 Å². The molecule has 0 aromatic heterocycles. The number of Topliss-reactive ketones (excluding diaryl/α,β-unsaturated/α-hetero) is 1. The molecular formula is C14H16O5. The van der Waals surface area contributed by atoms with Crippen molar-refractivity contribution < 1.29 is 23.8 Å². The zero-order valence-electron chi connectivity index (χ0n) is 10.8. The summed E-state index contributed by atoms with van der Waals surface area (Å²) in [6.45, 7) is 3.13. The van der Waals surface area contributed by atoms with Gasteiger partial charge in [-0.2, -0.15) is 0 Å². The Morgan fingerprint density at radius 1 is 1.21 bits per heavy atom. The average Bonchev–Trinajstić information content (AvgIpc) is 2.63. The minimum absolute atomic E-state index is 0.256. The number of ether oxygens (including phenoxy) is 3. The van der Waals surface area contributed by atoms with Crippen molar-refractivity contribution in [3.8, 4) is 11.5 Å². The highest BCUT2D eigenvalue weighted by Gasteiger charge is 2.16. The Bertz CT molecular complexity index is 481. The summed E-state index contributed by atoms with van der Waals surface area (Å²) in [6, 6.07) is 4.94. The molecule has 0 amide bonds. The van der Waals surface area contributed by atoms with Crippen LogP contribution >= 0.6 is 0 Å². The van der Waals surface area contributed by atoms with Gasteiger partial charge in [-0.25, -0.2) is 0 Å². The molecule has 1 aliphatic heterocycles. The van der Waals surface area contributed by atoms with Gasteiger partial charge in [-0.1, -0.05) is 0 Å². The fourth-order valence-electron chi connectivity index (χ4n) is 1.78. The van der Waals surface area contributed by atoms with Crippen LogP contribution in [0.5, 0.6) is 11.5 Å². The molecular weight excluding hydrogens is 248 g/mol. The third-order valence-corrected chi connectivity index (χ3v) is 2.68. The van der Waals surface area contributed by atoms with Crippen LogP contribution in [0.15, 0.2) is 18.2 Å². The van der Waals surface area contributed by atoms with Gasteiger partial charge in [-0.3, -0.25) is 9.59 Å². The van der Waals surface area contributed by atoms with Crippen molar-refractivity contribution in [1.82, 2.24) is 0 Å². The maximum atomic E-state index is 11.9. The summed E-state index contributed by atoms with van der Waals surface area (Å²) in [5.74, 6) is 0.381. The summed E-state index contributed by atoms with van der Waals surface area (Å²) in [7, 11) is 0. The maximum Gasteiger partial charge on any atom is 0.313 e. The molecule has 1 aromatic rings. The van der Waals surface area contributed by atoms with E-state index >= 15 is 0 Å². The maximum absolute atomic E-state index is 11.9. The Kier molecular flexibility index (Phi) is 4.39. The van der Waals surface area contributed by atoms with E-state index in [1.807, 2.05) is 0 Å². The van der Waals surface area contributed by atoms with Gasteiger partial charge in [0.2, 0.25) is 0 Å². The predicted molar refractivity (Wildman–Crippen MR) is 67.6 cm³/mol. The SMILES string of the molecule is CCOC(=O)CC(=O)c1ccc2c(c1)OCCCO2. The number of benzene rings is 1. The van der Waals surface area contributed by atoms with E-state index in [9.17, 15) is 9.59 Å². The predicted octanol–water partition coefficient (Wildman–Crippen LogP) is 1.98. The lowest BCUT2D eigenvalue weighted by Crippen LogP contribution is -2.11. The molecule has 0 unspecified atom stereocenters. The van der Waals surface area contributed by atoms with Gasteiger partial charge in [0, 0.05) is 12.0 Å². The van der Waals surface area contributed by atoms with Crippen LogP contribution in [0, 0.1) is 0 Å². The van der Waals surface area contributed by atoms with Gasteiger partial charge in [0.05, 0.1) is 19.8 Å². The second-order valence-electron chi connectivity index (χ2n) is 4.12. The fourth-order valence-corrected chi connectivity index (χ4v) is 1.78. The smallest absolute Gasteiger partial charge is 0.313 e. The zero-order valence-corrected chi connectivity index (χ0v) is 10.8. The Labute approximate surface area is 111 Å². The van der Waals surface area contributed by atoms with Gasteiger partial charge in [0.15, 0.2) is 17.3 Å². The molecule has 1 heterocycles. The highest BCUT2D eigenvalue weighted by atomic mass is 16.5. The van der Waals surface area contributed by atoms with Crippen molar-refractivity contribution >= 4 is 11.8 Å². The second-order valence-corrected chi connectivity index (χ2v) is 4.12. The van der Waals surface area contributed by atoms with Gasteiger partial charge in [-0.05, 0) is 25.1 Å². The third-order valence-electron chi connectivity index (χ3n) is 2.68. The summed E-state index contributed by atoms with van der Waals surface area (Å²) in [5, 5.41) is 0. The molecule has 0 spiro atoms. The zero-order chi connectivity index (χ0) is 13.7. The van der Waals surface area contributed by atoms with Crippen LogP contribution in [0.1, 0.15) is 30.1 Å². The highest BCUT2D eigenvalue weighted by Crippen LogP contribution is 2.30. The molecule has 0 N–H and O–H groups in total. The van der Waals surface area contributed by atoms with E-state index < -0.39 is 5.97 Å². The largest absolute Gasteiger partial charge is 0.490 e. The van der Waals surface area contributed by atoms with Crippen molar-refractivity contribution in [1.29, 1.82) is 0 Å². The van der Waals surface area contributed by atoms with Crippen molar-refractivity contribution in [3.63, 3.8) is 0 Å². The first kappa shape index (κ1) is 13.4. The van der Waals surface area contributed by atoms with Gasteiger partial charge >= 0.3 is 5.97 Å². The Balaban J connectivity index is 2.10. The number of carbonyl (C=O) groups excluding carboxylic acids is 2. The van der Waals surface area contributed by atoms with Crippen LogP contribution in [0.3, 0.4) is 0 Å². The first-order valence-corrected chi connectivity index (χ1v) is 6.29. The summed E-state index contributed by atoms with van der Waals surface area (Å²) in [5.41, 5.74) is 0.428. The molecule has 19 heavy (non-hydrogen) atoms. The van der Waals surface area contributed by atoms with Crippen LogP contribution < -0.4 is 9.47 Å². The quantitative estimate of drug-likeness (QED) is 0.473. The monoisotopic (exact) mass is 264 g/mol. The van der Waals surface area contributed by atoms with E-state index in [0.29, 0.717) is 30.3 Å². The van der Waals surface area contributed by atoms with Crippen LogP contribution in [-0.2, 0) is 9.53 Å². The van der Waals surface area contributed by atoms with Crippen molar-refractivity contribution in [2.24, 2.45) is 0 Å². The summed E-state index contributed by atoms with van der Waals surface area (Å²) >= 11 is 0. The number of esters is 1. The molecule has 0 bridgehead atoms. The van der Waals surface area contributed by atoms with Crippen LogP contribution in [0.4, 0.5) is 0 Å². The molecule has 5 nitrogen and oxygen atoms in total. The van der Waals surface area contributed by atoms with Gasteiger partial charge < -0.3 is 14.2 Å². The van der Waals surface area contributed by atoms with Crippen molar-refractivity contribution in [2.45, 2.75) is 19.8 Å². The molecule has 0 radical (unpaired) electrons. The Morgan fingerprint density at radius 2 is 1.95 bits per heavy atom. The minimum Gasteiger partial charge on any atom is -0.490 e. The van der Waals surface area contributed by atoms with Crippen molar-refractivity contribution in [2.75, 3.05) is 19.8 Å². The molecule has 0 aliphatic carbocycles. The average molecular weight is 264 g/mol. The molecule has 0 saturated heterocycles. The normalized spacial score (nSPS) is 13.5. The number of carbonyl (C=O) groups is 2. The van der Waals surface area contributed by atoms with Crippen LogP contribution in [0.2, 0.25) is 0 Å². The number of rotatable bonds is 4. The topological polar surface area (TPSA) is 61.8 Å². The second kappa shape index (κ2) is 6.22. The fraction of sp³-hybridized carbons (Fsp3) is 0.429. The lowest BCUT2D eigenvalue weighted by atomic mass is 10.1. The van der Waals surface area contributed by atoms with E-state index in [0.717, 1.165) is 6.42 Å². The lowest BCUT2D eigenvalue weighted by molar-refractivity contribution is -0.141. The standard InChI is InChI=1S/C14H16O5/c1-2-17-14(16)9-11(15)10-4-5-12-13(8-10)19-7-3-6-18-12/h4-5,8H,2-3,6-7,9H2,1H3. The van der Waals surface area contributed by atoms with E-state index in [4.69, 9.17) is 14.2 Å². The number of hydrogen-bond donors (Lipinski definition) is 0. The molecule has 2 rings (SSSR count). The van der Waals surface area contributed by atoms with Gasteiger partial charge in [0.1, 0.15) is 6.42 Å². The summed E-state index contributed by atoms with van der Waals surface area (Å²) < 4.78 is 15.7. The lowest BCUT2D eigenvalue weighted by Gasteiger charge is -2.08. The minimum atomic E-state index is -0.514.